The van der Waals surface area contributed by atoms with Gasteiger partial charge in [0.2, 0.25) is 0 Å². The van der Waals surface area contributed by atoms with Gasteiger partial charge in [-0.25, -0.2) is 0 Å². The van der Waals surface area contributed by atoms with Crippen molar-refractivity contribution in [3.05, 3.63) is 77.9 Å². The van der Waals surface area contributed by atoms with E-state index in [9.17, 15) is 9.59 Å². The second kappa shape index (κ2) is 9.24. The Morgan fingerprint density at radius 1 is 0.931 bits per heavy atom. The minimum Gasteiger partial charge on any atom is -0.497 e. The van der Waals surface area contributed by atoms with Crippen molar-refractivity contribution in [3.8, 4) is 5.75 Å². The number of carbonyl (C=O) groups excluding carboxylic acids is 2. The van der Waals surface area contributed by atoms with Crippen LogP contribution in [0.5, 0.6) is 5.75 Å². The Kier molecular flexibility index (Phi) is 6.50. The first-order chi connectivity index (χ1) is 14.0. The lowest BCUT2D eigenvalue weighted by Crippen LogP contribution is -2.36. The normalized spacial score (nSPS) is 12.8. The van der Waals surface area contributed by atoms with Crippen molar-refractivity contribution in [1.29, 1.82) is 0 Å². The van der Waals surface area contributed by atoms with Gasteiger partial charge < -0.3 is 14.8 Å². The minimum atomic E-state index is -0.863. The van der Waals surface area contributed by atoms with Gasteiger partial charge in [0.15, 0.2) is 6.10 Å². The number of nitrogens with one attached hydrogen (secondary N) is 1. The Hall–Kier alpha value is -3.34. The van der Waals surface area contributed by atoms with E-state index in [1.165, 1.54) is 0 Å². The van der Waals surface area contributed by atoms with Crippen molar-refractivity contribution < 1.29 is 19.1 Å². The molecule has 0 heterocycles. The Balaban J connectivity index is 1.60. The molecule has 3 rings (SSSR count). The molecule has 0 radical (unpaired) electrons. The van der Waals surface area contributed by atoms with Crippen LogP contribution in [-0.4, -0.2) is 25.1 Å². The lowest BCUT2D eigenvalue weighted by Gasteiger charge is -2.17. The molecule has 0 fully saturated rings. The number of carbonyl (C=O) groups is 2. The average molecular weight is 391 g/mol. The van der Waals surface area contributed by atoms with Crippen molar-refractivity contribution >= 4 is 22.6 Å². The van der Waals surface area contributed by atoms with Gasteiger partial charge in [-0.05, 0) is 47.9 Å². The van der Waals surface area contributed by atoms with E-state index < -0.39 is 18.0 Å². The number of methoxy groups -OCH3 is 1. The fourth-order valence-corrected chi connectivity index (χ4v) is 3.03. The van der Waals surface area contributed by atoms with Crippen LogP contribution < -0.4 is 10.1 Å². The molecule has 0 aliphatic heterocycles. The van der Waals surface area contributed by atoms with Gasteiger partial charge in [0.05, 0.1) is 13.0 Å². The molecule has 1 N–H and O–H groups in total. The molecule has 5 heteroatoms. The first kappa shape index (κ1) is 20.4. The molecule has 0 aromatic heterocycles. The van der Waals surface area contributed by atoms with Crippen molar-refractivity contribution in [2.45, 2.75) is 32.4 Å². The van der Waals surface area contributed by atoms with Crippen LogP contribution in [-0.2, 0) is 20.9 Å². The first-order valence-corrected chi connectivity index (χ1v) is 9.58. The predicted octanol–water partition coefficient (Wildman–Crippen LogP) is 4.20. The summed E-state index contributed by atoms with van der Waals surface area (Å²) in [4.78, 5) is 24.8. The van der Waals surface area contributed by atoms with Crippen LogP contribution in [0.4, 0.5) is 0 Å². The van der Waals surface area contributed by atoms with E-state index in [2.05, 4.69) is 5.32 Å². The zero-order valence-corrected chi connectivity index (χ0v) is 16.8. The number of ether oxygens (including phenoxy) is 2. The molecule has 0 aliphatic rings. The van der Waals surface area contributed by atoms with E-state index >= 15 is 0 Å². The molecule has 0 saturated carbocycles. The topological polar surface area (TPSA) is 64.6 Å². The van der Waals surface area contributed by atoms with Gasteiger partial charge in [-0.15, -0.1) is 0 Å². The number of amides is 1. The van der Waals surface area contributed by atoms with Crippen LogP contribution in [0.15, 0.2) is 66.7 Å². The van der Waals surface area contributed by atoms with E-state index in [4.69, 9.17) is 9.47 Å². The second-order valence-electron chi connectivity index (χ2n) is 6.98. The molecule has 0 spiro atoms. The molecule has 0 saturated heterocycles. The molecule has 29 heavy (non-hydrogen) atoms. The minimum absolute atomic E-state index is 0.319. The van der Waals surface area contributed by atoms with Crippen molar-refractivity contribution in [3.63, 3.8) is 0 Å². The summed E-state index contributed by atoms with van der Waals surface area (Å²) in [5, 5.41) is 4.83. The van der Waals surface area contributed by atoms with Crippen molar-refractivity contribution in [2.75, 3.05) is 7.11 Å². The predicted molar refractivity (Wildman–Crippen MR) is 113 cm³/mol. The number of benzene rings is 3. The molecule has 0 bridgehead atoms. The summed E-state index contributed by atoms with van der Waals surface area (Å²) in [6.07, 6.45) is -0.863. The summed E-state index contributed by atoms with van der Waals surface area (Å²) in [5.41, 5.74) is 1.82. The third-order valence-electron chi connectivity index (χ3n) is 4.90. The van der Waals surface area contributed by atoms with Gasteiger partial charge >= 0.3 is 5.97 Å². The Morgan fingerprint density at radius 2 is 1.62 bits per heavy atom. The lowest BCUT2D eigenvalue weighted by atomic mass is 9.98. The Labute approximate surface area is 170 Å². The van der Waals surface area contributed by atoms with Gasteiger partial charge in [-0.1, -0.05) is 54.6 Å². The highest BCUT2D eigenvalue weighted by molar-refractivity contribution is 5.88. The fourth-order valence-electron chi connectivity index (χ4n) is 3.03. The van der Waals surface area contributed by atoms with E-state index in [0.29, 0.717) is 6.54 Å². The molecule has 3 aromatic rings. The third kappa shape index (κ3) is 5.13. The first-order valence-electron chi connectivity index (χ1n) is 9.58. The monoisotopic (exact) mass is 391 g/mol. The Morgan fingerprint density at radius 3 is 2.34 bits per heavy atom. The van der Waals surface area contributed by atoms with Gasteiger partial charge in [-0.3, -0.25) is 9.59 Å². The van der Waals surface area contributed by atoms with Gasteiger partial charge in [0.1, 0.15) is 5.75 Å². The SMILES string of the molecule is COc1ccc2cc([C@H](C)C(=O)O[C@H](C)C(=O)NCc3ccccc3)ccc2c1. The summed E-state index contributed by atoms with van der Waals surface area (Å²) in [7, 11) is 1.63. The maximum absolute atomic E-state index is 12.5. The zero-order chi connectivity index (χ0) is 20.8. The molecule has 150 valence electrons. The van der Waals surface area contributed by atoms with Crippen LogP contribution in [0.2, 0.25) is 0 Å². The van der Waals surface area contributed by atoms with Gasteiger partial charge in [0.25, 0.3) is 5.91 Å². The Bertz CT molecular complexity index is 1000. The number of rotatable bonds is 7. The highest BCUT2D eigenvalue weighted by Gasteiger charge is 2.23. The van der Waals surface area contributed by atoms with Gasteiger partial charge in [0, 0.05) is 6.54 Å². The quantitative estimate of drug-likeness (QED) is 0.613. The van der Waals surface area contributed by atoms with E-state index in [0.717, 1.165) is 27.6 Å². The standard InChI is InChI=1S/C24H25NO4/c1-16(19-9-10-21-14-22(28-3)12-11-20(21)13-19)24(27)29-17(2)23(26)25-15-18-7-5-4-6-8-18/h4-14,16-17H,15H2,1-3H3,(H,25,26)/t16-,17+/m0/s1. The molecule has 5 nitrogen and oxygen atoms in total. The average Bonchev–Trinajstić information content (AvgIpc) is 2.76. The van der Waals surface area contributed by atoms with Crippen LogP contribution in [0.25, 0.3) is 10.8 Å². The smallest absolute Gasteiger partial charge is 0.313 e. The van der Waals surface area contributed by atoms with Gasteiger partial charge in [-0.2, -0.15) is 0 Å². The van der Waals surface area contributed by atoms with E-state index in [1.54, 1.807) is 21.0 Å². The highest BCUT2D eigenvalue weighted by atomic mass is 16.5. The van der Waals surface area contributed by atoms with Crippen LogP contribution in [0.1, 0.15) is 30.9 Å². The maximum Gasteiger partial charge on any atom is 0.313 e. The number of esters is 1. The third-order valence-corrected chi connectivity index (χ3v) is 4.90. The summed E-state index contributed by atoms with van der Waals surface area (Å²) in [5.74, 6) is -0.445. The summed E-state index contributed by atoms with van der Waals surface area (Å²) in [6, 6.07) is 21.2. The molecule has 3 aromatic carbocycles. The summed E-state index contributed by atoms with van der Waals surface area (Å²) >= 11 is 0. The fraction of sp³-hybridized carbons (Fsp3) is 0.250. The van der Waals surface area contributed by atoms with Crippen LogP contribution >= 0.6 is 0 Å². The molecule has 0 aliphatic carbocycles. The molecule has 1 amide bonds. The second-order valence-corrected chi connectivity index (χ2v) is 6.98. The largest absolute Gasteiger partial charge is 0.497 e. The molecular weight excluding hydrogens is 366 g/mol. The maximum atomic E-state index is 12.5. The van der Waals surface area contributed by atoms with Crippen molar-refractivity contribution in [1.82, 2.24) is 5.32 Å². The summed E-state index contributed by atoms with van der Waals surface area (Å²) in [6.45, 7) is 3.75. The number of hydrogen-bond acceptors (Lipinski definition) is 4. The number of fused-ring (bicyclic) bond motifs is 1. The van der Waals surface area contributed by atoms with Crippen LogP contribution in [0.3, 0.4) is 0 Å². The van der Waals surface area contributed by atoms with E-state index in [-0.39, 0.29) is 5.91 Å². The van der Waals surface area contributed by atoms with Crippen molar-refractivity contribution in [2.24, 2.45) is 0 Å². The zero-order valence-electron chi connectivity index (χ0n) is 16.8. The highest BCUT2D eigenvalue weighted by Crippen LogP contribution is 2.26. The van der Waals surface area contributed by atoms with E-state index in [1.807, 2.05) is 66.7 Å². The van der Waals surface area contributed by atoms with Crippen LogP contribution in [0, 0.1) is 0 Å². The molecular formula is C24H25NO4. The molecule has 2 atom stereocenters. The summed E-state index contributed by atoms with van der Waals surface area (Å²) < 4.78 is 10.6. The lowest BCUT2D eigenvalue weighted by molar-refractivity contribution is -0.156. The molecule has 0 unspecified atom stereocenters. The number of hydrogen-bond donors (Lipinski definition) is 1.